The van der Waals surface area contributed by atoms with Crippen LogP contribution in [0.15, 0.2) is 45.6 Å². The van der Waals surface area contributed by atoms with Crippen LogP contribution in [0.25, 0.3) is 11.1 Å². The van der Waals surface area contributed by atoms with Crippen LogP contribution in [0.3, 0.4) is 0 Å². The lowest BCUT2D eigenvalue weighted by Gasteiger charge is -2.11. The lowest BCUT2D eigenvalue weighted by Crippen LogP contribution is -2.13. The quantitative estimate of drug-likeness (QED) is 0.758. The Bertz CT molecular complexity index is 870. The highest BCUT2D eigenvalue weighted by atomic mass is 16.4. The van der Waals surface area contributed by atoms with Crippen molar-refractivity contribution < 1.29 is 9.21 Å². The first-order chi connectivity index (χ1) is 10.0. The molecule has 0 atom stereocenters. The van der Waals surface area contributed by atoms with Gasteiger partial charge in [-0.2, -0.15) is 0 Å². The van der Waals surface area contributed by atoms with Gasteiger partial charge in [-0.15, -0.1) is 0 Å². The second-order valence-corrected chi connectivity index (χ2v) is 4.95. The maximum Gasteiger partial charge on any atom is 0.417 e. The van der Waals surface area contributed by atoms with Gasteiger partial charge < -0.3 is 9.73 Å². The molecule has 5 heteroatoms. The summed E-state index contributed by atoms with van der Waals surface area (Å²) in [4.78, 5) is 26.0. The third-order valence-electron chi connectivity index (χ3n) is 3.40. The molecule has 1 heterocycles. The minimum Gasteiger partial charge on any atom is -0.408 e. The Balaban J connectivity index is 1.95. The number of carbonyl (C=O) groups excluding carboxylic acids is 1. The molecule has 5 nitrogen and oxygen atoms in total. The van der Waals surface area contributed by atoms with Gasteiger partial charge in [0.25, 0.3) is 5.91 Å². The van der Waals surface area contributed by atoms with Crippen molar-refractivity contribution in [2.45, 2.75) is 13.8 Å². The number of aryl methyl sites for hydroxylation is 2. The smallest absolute Gasteiger partial charge is 0.408 e. The van der Waals surface area contributed by atoms with E-state index in [1.54, 1.807) is 18.2 Å². The zero-order valence-corrected chi connectivity index (χ0v) is 11.7. The van der Waals surface area contributed by atoms with Crippen molar-refractivity contribution in [3.05, 3.63) is 63.6 Å². The molecule has 1 aromatic heterocycles. The normalized spacial score (nSPS) is 10.8. The van der Waals surface area contributed by atoms with Crippen molar-refractivity contribution in [1.82, 2.24) is 4.98 Å². The Morgan fingerprint density at radius 3 is 2.57 bits per heavy atom. The SMILES string of the molecule is Cc1cccc(C)c1NC(=O)c1ccc2[nH]c(=O)oc2c1. The summed E-state index contributed by atoms with van der Waals surface area (Å²) < 4.78 is 4.97. The van der Waals surface area contributed by atoms with Gasteiger partial charge in [0.2, 0.25) is 0 Å². The molecule has 0 aliphatic rings. The molecule has 0 saturated heterocycles. The number of aromatic nitrogens is 1. The predicted molar refractivity (Wildman–Crippen MR) is 80.7 cm³/mol. The Morgan fingerprint density at radius 1 is 1.14 bits per heavy atom. The molecule has 21 heavy (non-hydrogen) atoms. The molecule has 3 rings (SSSR count). The van der Waals surface area contributed by atoms with E-state index in [1.807, 2.05) is 32.0 Å². The summed E-state index contributed by atoms with van der Waals surface area (Å²) in [6.07, 6.45) is 0. The van der Waals surface area contributed by atoms with E-state index in [0.29, 0.717) is 16.7 Å². The van der Waals surface area contributed by atoms with Gasteiger partial charge >= 0.3 is 5.76 Å². The molecule has 106 valence electrons. The monoisotopic (exact) mass is 282 g/mol. The molecule has 2 N–H and O–H groups in total. The fourth-order valence-electron chi connectivity index (χ4n) is 2.28. The fraction of sp³-hybridized carbons (Fsp3) is 0.125. The first kappa shape index (κ1) is 13.2. The number of fused-ring (bicyclic) bond motifs is 1. The molecular weight excluding hydrogens is 268 g/mol. The number of carbonyl (C=O) groups is 1. The maximum absolute atomic E-state index is 12.3. The van der Waals surface area contributed by atoms with Crippen molar-refractivity contribution in [3.8, 4) is 0 Å². The zero-order chi connectivity index (χ0) is 15.0. The number of aromatic amines is 1. The standard InChI is InChI=1S/C16H14N2O3/c1-9-4-3-5-10(2)14(9)18-15(19)11-6-7-12-13(8-11)21-16(20)17-12/h3-8H,1-2H3,(H,17,20)(H,18,19). The van der Waals surface area contributed by atoms with Gasteiger partial charge in [0.05, 0.1) is 5.52 Å². The third-order valence-corrected chi connectivity index (χ3v) is 3.40. The number of hydrogen-bond donors (Lipinski definition) is 2. The number of rotatable bonds is 2. The van der Waals surface area contributed by atoms with Crippen LogP contribution in [-0.4, -0.2) is 10.9 Å². The van der Waals surface area contributed by atoms with Crippen molar-refractivity contribution in [2.75, 3.05) is 5.32 Å². The Kier molecular flexibility index (Phi) is 3.10. The number of anilines is 1. The van der Waals surface area contributed by atoms with E-state index >= 15 is 0 Å². The van der Waals surface area contributed by atoms with E-state index in [-0.39, 0.29) is 5.91 Å². The van der Waals surface area contributed by atoms with Crippen LogP contribution < -0.4 is 11.1 Å². The number of nitrogens with one attached hydrogen (secondary N) is 2. The van der Waals surface area contributed by atoms with Crippen LogP contribution >= 0.6 is 0 Å². The average Bonchev–Trinajstić information content (AvgIpc) is 2.81. The minimum absolute atomic E-state index is 0.238. The van der Waals surface area contributed by atoms with Crippen molar-refractivity contribution in [2.24, 2.45) is 0 Å². The summed E-state index contributed by atoms with van der Waals surface area (Å²) in [6, 6.07) is 10.7. The number of amides is 1. The van der Waals surface area contributed by atoms with Gasteiger partial charge in [0.1, 0.15) is 0 Å². The van der Waals surface area contributed by atoms with E-state index in [1.165, 1.54) is 0 Å². The molecule has 0 saturated carbocycles. The van der Waals surface area contributed by atoms with E-state index < -0.39 is 5.76 Å². The second kappa shape index (κ2) is 4.94. The van der Waals surface area contributed by atoms with E-state index in [9.17, 15) is 9.59 Å². The van der Waals surface area contributed by atoms with Gasteiger partial charge in [0, 0.05) is 11.3 Å². The lowest BCUT2D eigenvalue weighted by atomic mass is 10.1. The highest BCUT2D eigenvalue weighted by Crippen LogP contribution is 2.21. The molecule has 1 amide bonds. The number of oxazole rings is 1. The Labute approximate surface area is 120 Å². The molecule has 0 radical (unpaired) electrons. The van der Waals surface area contributed by atoms with Crippen molar-refractivity contribution in [1.29, 1.82) is 0 Å². The molecule has 0 fully saturated rings. The van der Waals surface area contributed by atoms with Gasteiger partial charge in [-0.05, 0) is 43.2 Å². The highest BCUT2D eigenvalue weighted by Gasteiger charge is 2.11. The van der Waals surface area contributed by atoms with Crippen LogP contribution in [0.2, 0.25) is 0 Å². The van der Waals surface area contributed by atoms with Crippen LogP contribution in [0.4, 0.5) is 5.69 Å². The largest absolute Gasteiger partial charge is 0.417 e. The molecule has 0 spiro atoms. The summed E-state index contributed by atoms with van der Waals surface area (Å²) in [6.45, 7) is 3.88. The predicted octanol–water partition coefficient (Wildman–Crippen LogP) is 2.99. The number of benzene rings is 2. The number of para-hydroxylation sites is 1. The van der Waals surface area contributed by atoms with Crippen LogP contribution in [-0.2, 0) is 0 Å². The third kappa shape index (κ3) is 2.45. The first-order valence-corrected chi connectivity index (χ1v) is 6.55. The van der Waals surface area contributed by atoms with Crippen LogP contribution in [0, 0.1) is 13.8 Å². The topological polar surface area (TPSA) is 75.1 Å². The van der Waals surface area contributed by atoms with Gasteiger partial charge in [-0.25, -0.2) is 4.79 Å². The Hall–Kier alpha value is -2.82. The lowest BCUT2D eigenvalue weighted by molar-refractivity contribution is 0.102. The summed E-state index contributed by atoms with van der Waals surface area (Å²) in [5.41, 5.74) is 4.18. The minimum atomic E-state index is -0.530. The zero-order valence-electron chi connectivity index (χ0n) is 11.7. The average molecular weight is 282 g/mol. The van der Waals surface area contributed by atoms with E-state index in [2.05, 4.69) is 10.3 Å². The molecule has 2 aromatic carbocycles. The molecule has 0 bridgehead atoms. The first-order valence-electron chi connectivity index (χ1n) is 6.55. The fourth-order valence-corrected chi connectivity index (χ4v) is 2.28. The number of H-pyrrole nitrogens is 1. The van der Waals surface area contributed by atoms with E-state index in [0.717, 1.165) is 16.8 Å². The van der Waals surface area contributed by atoms with Gasteiger partial charge in [-0.1, -0.05) is 18.2 Å². The summed E-state index contributed by atoms with van der Waals surface area (Å²) in [5, 5.41) is 2.90. The van der Waals surface area contributed by atoms with Crippen molar-refractivity contribution >= 4 is 22.7 Å². The summed E-state index contributed by atoms with van der Waals surface area (Å²) >= 11 is 0. The summed E-state index contributed by atoms with van der Waals surface area (Å²) in [5.74, 6) is -0.768. The van der Waals surface area contributed by atoms with Crippen LogP contribution in [0.5, 0.6) is 0 Å². The maximum atomic E-state index is 12.3. The summed E-state index contributed by atoms with van der Waals surface area (Å²) in [7, 11) is 0. The second-order valence-electron chi connectivity index (χ2n) is 4.95. The Morgan fingerprint density at radius 2 is 1.86 bits per heavy atom. The molecule has 3 aromatic rings. The molecule has 0 aliphatic carbocycles. The molecule has 0 aliphatic heterocycles. The number of hydrogen-bond acceptors (Lipinski definition) is 3. The van der Waals surface area contributed by atoms with Gasteiger partial charge in [0.15, 0.2) is 5.58 Å². The molecule has 0 unspecified atom stereocenters. The van der Waals surface area contributed by atoms with E-state index in [4.69, 9.17) is 4.42 Å². The molecular formula is C16H14N2O3. The van der Waals surface area contributed by atoms with Crippen LogP contribution in [0.1, 0.15) is 21.5 Å². The highest BCUT2D eigenvalue weighted by molar-refractivity contribution is 6.06. The van der Waals surface area contributed by atoms with Crippen molar-refractivity contribution in [3.63, 3.8) is 0 Å². The van der Waals surface area contributed by atoms with Gasteiger partial charge in [-0.3, -0.25) is 9.78 Å².